The first-order valence-corrected chi connectivity index (χ1v) is 6.64. The number of aryl methyl sites for hydroxylation is 2. The van der Waals surface area contributed by atoms with Crippen molar-refractivity contribution in [2.24, 2.45) is 0 Å². The Balaban J connectivity index is 1.87. The molecule has 0 saturated carbocycles. The van der Waals surface area contributed by atoms with Crippen LogP contribution in [0.25, 0.3) is 0 Å². The molecule has 1 aromatic heterocycles. The minimum absolute atomic E-state index is 0.682. The Hall–Kier alpha value is -0.870. The third-order valence-electron chi connectivity index (χ3n) is 3.51. The average molecular weight is 236 g/mol. The highest BCUT2D eigenvalue weighted by atomic mass is 15.3. The van der Waals surface area contributed by atoms with E-state index < -0.39 is 0 Å². The lowest BCUT2D eigenvalue weighted by molar-refractivity contribution is 0.292. The highest BCUT2D eigenvalue weighted by molar-refractivity contribution is 5.15. The summed E-state index contributed by atoms with van der Waals surface area (Å²) in [5.74, 6) is 0. The maximum Gasteiger partial charge on any atom is 0.0638 e. The number of hydrogen-bond donors (Lipinski definition) is 1. The molecule has 0 unspecified atom stereocenters. The zero-order valence-corrected chi connectivity index (χ0v) is 11.2. The lowest BCUT2D eigenvalue weighted by atomic mass is 10.2. The average Bonchev–Trinajstić information content (AvgIpc) is 2.89. The molecule has 96 valence electrons. The van der Waals surface area contributed by atoms with Crippen LogP contribution in [0.5, 0.6) is 0 Å². The number of nitrogens with one attached hydrogen (secondary N) is 1. The van der Waals surface area contributed by atoms with Gasteiger partial charge in [0, 0.05) is 37.4 Å². The van der Waals surface area contributed by atoms with Crippen LogP contribution < -0.4 is 5.32 Å². The van der Waals surface area contributed by atoms with E-state index >= 15 is 0 Å². The van der Waals surface area contributed by atoms with E-state index in [1.807, 2.05) is 4.68 Å². The fourth-order valence-corrected chi connectivity index (χ4v) is 2.52. The molecule has 1 N–H and O–H groups in total. The number of likely N-dealkylation sites (N-methyl/N-ethyl adjacent to an activating group) is 1. The molecule has 1 fully saturated rings. The fourth-order valence-electron chi connectivity index (χ4n) is 2.52. The molecule has 17 heavy (non-hydrogen) atoms. The van der Waals surface area contributed by atoms with Crippen molar-refractivity contribution in [1.82, 2.24) is 20.0 Å². The molecule has 0 spiro atoms. The van der Waals surface area contributed by atoms with Gasteiger partial charge in [-0.25, -0.2) is 0 Å². The van der Waals surface area contributed by atoms with Gasteiger partial charge in [0.2, 0.25) is 0 Å². The van der Waals surface area contributed by atoms with Crippen molar-refractivity contribution in [3.63, 3.8) is 0 Å². The lowest BCUT2D eigenvalue weighted by Gasteiger charge is -2.20. The van der Waals surface area contributed by atoms with Crippen LogP contribution in [0.1, 0.15) is 31.0 Å². The zero-order valence-electron chi connectivity index (χ0n) is 11.2. The van der Waals surface area contributed by atoms with Gasteiger partial charge in [0.05, 0.1) is 5.69 Å². The van der Waals surface area contributed by atoms with Gasteiger partial charge in [-0.15, -0.1) is 0 Å². The van der Waals surface area contributed by atoms with E-state index in [0.29, 0.717) is 6.04 Å². The van der Waals surface area contributed by atoms with Crippen molar-refractivity contribution in [1.29, 1.82) is 0 Å². The van der Waals surface area contributed by atoms with E-state index in [0.717, 1.165) is 25.3 Å². The van der Waals surface area contributed by atoms with E-state index in [-0.39, 0.29) is 0 Å². The standard InChI is InChI=1S/C13H24N4/c1-4-17-9-12(11(2)15-17)8-16(3)10-13-6-5-7-14-13/h9,13-14H,4-8,10H2,1-3H3/t13-/m1/s1. The summed E-state index contributed by atoms with van der Waals surface area (Å²) < 4.78 is 2.02. The van der Waals surface area contributed by atoms with Crippen LogP contribution in [0.3, 0.4) is 0 Å². The maximum absolute atomic E-state index is 4.49. The smallest absolute Gasteiger partial charge is 0.0638 e. The molecule has 0 bridgehead atoms. The molecular formula is C13H24N4. The zero-order chi connectivity index (χ0) is 12.3. The summed E-state index contributed by atoms with van der Waals surface area (Å²) in [5.41, 5.74) is 2.52. The van der Waals surface area contributed by atoms with Crippen molar-refractivity contribution in [3.8, 4) is 0 Å². The molecule has 0 radical (unpaired) electrons. The highest BCUT2D eigenvalue weighted by Gasteiger charge is 2.16. The minimum Gasteiger partial charge on any atom is -0.313 e. The molecule has 0 amide bonds. The third-order valence-corrected chi connectivity index (χ3v) is 3.51. The Kier molecular flexibility index (Phi) is 4.18. The van der Waals surface area contributed by atoms with Gasteiger partial charge in [0.15, 0.2) is 0 Å². The molecule has 4 heteroatoms. The molecule has 0 aromatic carbocycles. The third kappa shape index (κ3) is 3.30. The van der Waals surface area contributed by atoms with Gasteiger partial charge in [-0.2, -0.15) is 5.10 Å². The summed E-state index contributed by atoms with van der Waals surface area (Å²) in [6.07, 6.45) is 4.82. The second-order valence-corrected chi connectivity index (χ2v) is 5.09. The van der Waals surface area contributed by atoms with Crippen LogP contribution in [-0.2, 0) is 13.1 Å². The van der Waals surface area contributed by atoms with E-state index in [1.54, 1.807) is 0 Å². The first-order chi connectivity index (χ1) is 8.19. The Morgan fingerprint density at radius 3 is 3.00 bits per heavy atom. The van der Waals surface area contributed by atoms with Gasteiger partial charge in [-0.1, -0.05) is 0 Å². The maximum atomic E-state index is 4.49. The van der Waals surface area contributed by atoms with Crippen molar-refractivity contribution >= 4 is 0 Å². The Morgan fingerprint density at radius 2 is 2.41 bits per heavy atom. The molecule has 4 nitrogen and oxygen atoms in total. The number of hydrogen-bond acceptors (Lipinski definition) is 3. The van der Waals surface area contributed by atoms with Gasteiger partial charge in [0.1, 0.15) is 0 Å². The van der Waals surface area contributed by atoms with Gasteiger partial charge in [-0.05, 0) is 40.3 Å². The van der Waals surface area contributed by atoms with Gasteiger partial charge in [0.25, 0.3) is 0 Å². The number of rotatable bonds is 5. The number of nitrogens with zero attached hydrogens (tertiary/aromatic N) is 3. The molecule has 1 aromatic rings. The molecule has 1 aliphatic heterocycles. The molecule has 1 aliphatic rings. The Morgan fingerprint density at radius 1 is 1.59 bits per heavy atom. The van der Waals surface area contributed by atoms with E-state index in [4.69, 9.17) is 0 Å². The first kappa shape index (κ1) is 12.6. The van der Waals surface area contributed by atoms with E-state index in [9.17, 15) is 0 Å². The van der Waals surface area contributed by atoms with Crippen LogP contribution in [-0.4, -0.2) is 40.9 Å². The van der Waals surface area contributed by atoms with Crippen molar-refractivity contribution in [2.45, 2.75) is 45.8 Å². The lowest BCUT2D eigenvalue weighted by Crippen LogP contribution is -2.35. The van der Waals surface area contributed by atoms with Gasteiger partial charge >= 0.3 is 0 Å². The number of aromatic nitrogens is 2. The van der Waals surface area contributed by atoms with Crippen LogP contribution in [0, 0.1) is 6.92 Å². The summed E-state index contributed by atoms with van der Waals surface area (Å²) >= 11 is 0. The minimum atomic E-state index is 0.682. The molecule has 1 saturated heterocycles. The van der Waals surface area contributed by atoms with Crippen LogP contribution >= 0.6 is 0 Å². The van der Waals surface area contributed by atoms with E-state index in [2.05, 4.69) is 42.4 Å². The predicted molar refractivity (Wildman–Crippen MR) is 70.0 cm³/mol. The molecular weight excluding hydrogens is 212 g/mol. The molecule has 0 aliphatic carbocycles. The fraction of sp³-hybridized carbons (Fsp3) is 0.769. The first-order valence-electron chi connectivity index (χ1n) is 6.64. The van der Waals surface area contributed by atoms with Crippen molar-refractivity contribution in [3.05, 3.63) is 17.5 Å². The normalized spacial score (nSPS) is 20.4. The quantitative estimate of drug-likeness (QED) is 0.839. The molecule has 2 heterocycles. The van der Waals surface area contributed by atoms with Crippen LogP contribution in [0.15, 0.2) is 6.20 Å². The Bertz CT molecular complexity index is 352. The van der Waals surface area contributed by atoms with Crippen LogP contribution in [0.4, 0.5) is 0 Å². The summed E-state index contributed by atoms with van der Waals surface area (Å²) in [4.78, 5) is 2.40. The molecule has 2 rings (SSSR count). The SMILES string of the molecule is CCn1cc(CN(C)C[C@H]2CCCN2)c(C)n1. The molecule has 1 atom stereocenters. The van der Waals surface area contributed by atoms with Crippen molar-refractivity contribution in [2.75, 3.05) is 20.1 Å². The monoisotopic (exact) mass is 236 g/mol. The second-order valence-electron chi connectivity index (χ2n) is 5.09. The van der Waals surface area contributed by atoms with Gasteiger partial charge in [-0.3, -0.25) is 4.68 Å². The second kappa shape index (κ2) is 5.65. The topological polar surface area (TPSA) is 33.1 Å². The van der Waals surface area contributed by atoms with Crippen molar-refractivity contribution < 1.29 is 0 Å². The van der Waals surface area contributed by atoms with Gasteiger partial charge < -0.3 is 10.2 Å². The Labute approximate surface area is 104 Å². The largest absolute Gasteiger partial charge is 0.313 e. The van der Waals surface area contributed by atoms with E-state index in [1.165, 1.54) is 24.9 Å². The van der Waals surface area contributed by atoms with Crippen LogP contribution in [0.2, 0.25) is 0 Å². The summed E-state index contributed by atoms with van der Waals surface area (Å²) in [7, 11) is 2.20. The highest BCUT2D eigenvalue weighted by Crippen LogP contribution is 2.11. The summed E-state index contributed by atoms with van der Waals surface area (Å²) in [6, 6.07) is 0.682. The predicted octanol–water partition coefficient (Wildman–Crippen LogP) is 1.40. The summed E-state index contributed by atoms with van der Waals surface area (Å²) in [6.45, 7) is 8.51. The summed E-state index contributed by atoms with van der Waals surface area (Å²) in [5, 5.41) is 8.03.